The maximum absolute atomic E-state index is 12.6. The Morgan fingerprint density at radius 3 is 2.14 bits per heavy atom. The Hall–Kier alpha value is -3.12. The zero-order chi connectivity index (χ0) is 21.0. The van der Waals surface area contributed by atoms with Crippen molar-refractivity contribution in [3.8, 4) is 0 Å². The molecule has 0 spiro atoms. The zero-order valence-corrected chi connectivity index (χ0v) is 17.5. The van der Waals surface area contributed by atoms with E-state index in [1.165, 1.54) is 11.6 Å². The third-order valence-corrected chi connectivity index (χ3v) is 5.94. The summed E-state index contributed by atoms with van der Waals surface area (Å²) in [5.74, 6) is 0.108. The summed E-state index contributed by atoms with van der Waals surface area (Å²) in [6.45, 7) is 6.11. The van der Waals surface area contributed by atoms with Gasteiger partial charge in [-0.3, -0.25) is 9.52 Å². The first kappa shape index (κ1) is 20.6. The second kappa shape index (κ2) is 8.49. The summed E-state index contributed by atoms with van der Waals surface area (Å²) in [6.07, 6.45) is 0. The maximum atomic E-state index is 12.6. The molecule has 29 heavy (non-hydrogen) atoms. The van der Waals surface area contributed by atoms with E-state index >= 15 is 0 Å². The summed E-state index contributed by atoms with van der Waals surface area (Å²) >= 11 is 0. The summed E-state index contributed by atoms with van der Waals surface area (Å²) in [6, 6.07) is 20.7. The highest BCUT2D eigenvalue weighted by atomic mass is 32.2. The van der Waals surface area contributed by atoms with Crippen molar-refractivity contribution in [3.05, 3.63) is 89.5 Å². The standard InChI is InChI=1S/C23H24N2O3S/c1-16(2)18-9-11-20(12-10-18)24-23(26)19-5-4-6-21(15-19)25-29(27,28)22-13-7-17(3)8-14-22/h4-16,25H,1-3H3,(H,24,26). The summed E-state index contributed by atoms with van der Waals surface area (Å²) in [5.41, 5.74) is 3.54. The molecule has 0 aliphatic carbocycles. The van der Waals surface area contributed by atoms with Crippen molar-refractivity contribution in [2.24, 2.45) is 0 Å². The molecular weight excluding hydrogens is 384 g/mol. The molecule has 2 N–H and O–H groups in total. The summed E-state index contributed by atoms with van der Waals surface area (Å²) in [4.78, 5) is 12.7. The van der Waals surface area contributed by atoms with Crippen LogP contribution in [-0.2, 0) is 10.0 Å². The lowest BCUT2D eigenvalue weighted by atomic mass is 10.0. The van der Waals surface area contributed by atoms with E-state index in [0.717, 1.165) is 5.56 Å². The number of hydrogen-bond donors (Lipinski definition) is 2. The van der Waals surface area contributed by atoms with Gasteiger partial charge in [-0.25, -0.2) is 8.42 Å². The molecule has 0 aliphatic rings. The molecule has 0 unspecified atom stereocenters. The zero-order valence-electron chi connectivity index (χ0n) is 16.6. The molecule has 1 amide bonds. The normalized spacial score (nSPS) is 11.3. The minimum absolute atomic E-state index is 0.170. The minimum Gasteiger partial charge on any atom is -0.322 e. The predicted octanol–water partition coefficient (Wildman–Crippen LogP) is 5.17. The number of rotatable bonds is 6. The average molecular weight is 409 g/mol. The highest BCUT2D eigenvalue weighted by Gasteiger charge is 2.15. The van der Waals surface area contributed by atoms with E-state index < -0.39 is 10.0 Å². The molecule has 0 radical (unpaired) electrons. The van der Waals surface area contributed by atoms with Gasteiger partial charge in [0.2, 0.25) is 0 Å². The summed E-state index contributed by atoms with van der Waals surface area (Å²) in [7, 11) is -3.73. The molecule has 3 aromatic rings. The monoisotopic (exact) mass is 408 g/mol. The number of carbonyl (C=O) groups is 1. The van der Waals surface area contributed by atoms with Gasteiger partial charge < -0.3 is 5.32 Å². The molecule has 5 nitrogen and oxygen atoms in total. The van der Waals surface area contributed by atoms with Crippen LogP contribution in [0.1, 0.15) is 41.3 Å². The van der Waals surface area contributed by atoms with Gasteiger partial charge in [-0.15, -0.1) is 0 Å². The Balaban J connectivity index is 1.74. The van der Waals surface area contributed by atoms with Crippen LogP contribution in [0.15, 0.2) is 77.7 Å². The van der Waals surface area contributed by atoms with Crippen LogP contribution in [0.4, 0.5) is 11.4 Å². The van der Waals surface area contributed by atoms with E-state index in [4.69, 9.17) is 0 Å². The van der Waals surface area contributed by atoms with E-state index in [1.54, 1.807) is 42.5 Å². The van der Waals surface area contributed by atoms with Crippen molar-refractivity contribution in [1.82, 2.24) is 0 Å². The number of hydrogen-bond acceptors (Lipinski definition) is 3. The summed E-state index contributed by atoms with van der Waals surface area (Å²) < 4.78 is 27.6. The van der Waals surface area contributed by atoms with Crippen molar-refractivity contribution in [2.75, 3.05) is 10.0 Å². The fraction of sp³-hybridized carbons (Fsp3) is 0.174. The van der Waals surface area contributed by atoms with Gasteiger partial charge in [-0.05, 0) is 60.9 Å². The lowest BCUT2D eigenvalue weighted by Crippen LogP contribution is -2.15. The van der Waals surface area contributed by atoms with Crippen LogP contribution in [0, 0.1) is 6.92 Å². The molecule has 0 heterocycles. The average Bonchev–Trinajstić information content (AvgIpc) is 2.68. The molecule has 0 saturated carbocycles. The highest BCUT2D eigenvalue weighted by molar-refractivity contribution is 7.92. The quantitative estimate of drug-likeness (QED) is 0.591. The molecule has 3 rings (SSSR count). The molecule has 0 fully saturated rings. The van der Waals surface area contributed by atoms with Gasteiger partial charge >= 0.3 is 0 Å². The Kier molecular flexibility index (Phi) is 6.03. The Bertz CT molecular complexity index is 1100. The number of amides is 1. The maximum Gasteiger partial charge on any atom is 0.261 e. The lowest BCUT2D eigenvalue weighted by Gasteiger charge is -2.11. The number of benzene rings is 3. The first-order valence-electron chi connectivity index (χ1n) is 9.35. The van der Waals surface area contributed by atoms with Crippen molar-refractivity contribution in [1.29, 1.82) is 0 Å². The van der Waals surface area contributed by atoms with Gasteiger partial charge in [0.15, 0.2) is 0 Å². The predicted molar refractivity (Wildman–Crippen MR) is 117 cm³/mol. The first-order valence-corrected chi connectivity index (χ1v) is 10.8. The molecule has 3 aromatic carbocycles. The highest BCUT2D eigenvalue weighted by Crippen LogP contribution is 2.20. The van der Waals surface area contributed by atoms with Crippen molar-refractivity contribution >= 4 is 27.3 Å². The second-order valence-electron chi connectivity index (χ2n) is 7.23. The fourth-order valence-electron chi connectivity index (χ4n) is 2.81. The molecule has 0 saturated heterocycles. The number of carbonyl (C=O) groups excluding carboxylic acids is 1. The van der Waals surface area contributed by atoms with Gasteiger partial charge in [0.1, 0.15) is 0 Å². The van der Waals surface area contributed by atoms with Crippen molar-refractivity contribution in [2.45, 2.75) is 31.6 Å². The molecule has 0 aliphatic heterocycles. The third-order valence-electron chi connectivity index (χ3n) is 4.54. The number of nitrogens with one attached hydrogen (secondary N) is 2. The first-order chi connectivity index (χ1) is 13.7. The summed E-state index contributed by atoms with van der Waals surface area (Å²) in [5, 5.41) is 2.84. The van der Waals surface area contributed by atoms with Crippen LogP contribution in [0.25, 0.3) is 0 Å². The molecule has 150 valence electrons. The van der Waals surface area contributed by atoms with Crippen LogP contribution in [-0.4, -0.2) is 14.3 Å². The molecule has 6 heteroatoms. The Labute approximate surface area is 171 Å². The van der Waals surface area contributed by atoms with E-state index in [9.17, 15) is 13.2 Å². The molecule has 0 bridgehead atoms. The molecule has 0 atom stereocenters. The van der Waals surface area contributed by atoms with Gasteiger partial charge in [-0.1, -0.05) is 49.7 Å². The van der Waals surface area contributed by atoms with Crippen LogP contribution in [0.2, 0.25) is 0 Å². The van der Waals surface area contributed by atoms with Crippen LogP contribution >= 0.6 is 0 Å². The van der Waals surface area contributed by atoms with E-state index in [1.807, 2.05) is 31.2 Å². The van der Waals surface area contributed by atoms with E-state index in [2.05, 4.69) is 23.9 Å². The van der Waals surface area contributed by atoms with Gasteiger partial charge in [0.25, 0.3) is 15.9 Å². The topological polar surface area (TPSA) is 75.3 Å². The van der Waals surface area contributed by atoms with E-state index in [-0.39, 0.29) is 10.8 Å². The number of aryl methyl sites for hydroxylation is 1. The largest absolute Gasteiger partial charge is 0.322 e. The van der Waals surface area contributed by atoms with Crippen LogP contribution in [0.5, 0.6) is 0 Å². The molecule has 0 aromatic heterocycles. The van der Waals surface area contributed by atoms with Crippen LogP contribution < -0.4 is 10.0 Å². The van der Waals surface area contributed by atoms with Gasteiger partial charge in [0, 0.05) is 16.9 Å². The molecular formula is C23H24N2O3S. The van der Waals surface area contributed by atoms with Crippen LogP contribution in [0.3, 0.4) is 0 Å². The fourth-order valence-corrected chi connectivity index (χ4v) is 3.86. The van der Waals surface area contributed by atoms with Gasteiger partial charge in [0.05, 0.1) is 4.90 Å². The smallest absolute Gasteiger partial charge is 0.261 e. The third kappa shape index (κ3) is 5.23. The number of sulfonamides is 1. The Morgan fingerprint density at radius 2 is 1.52 bits per heavy atom. The Morgan fingerprint density at radius 1 is 0.862 bits per heavy atom. The second-order valence-corrected chi connectivity index (χ2v) is 8.91. The lowest BCUT2D eigenvalue weighted by molar-refractivity contribution is 0.102. The minimum atomic E-state index is -3.73. The van der Waals surface area contributed by atoms with Gasteiger partial charge in [-0.2, -0.15) is 0 Å². The van der Waals surface area contributed by atoms with Crippen molar-refractivity contribution in [3.63, 3.8) is 0 Å². The van der Waals surface area contributed by atoms with Crippen molar-refractivity contribution < 1.29 is 13.2 Å². The number of anilines is 2. The van der Waals surface area contributed by atoms with E-state index in [0.29, 0.717) is 22.9 Å². The SMILES string of the molecule is Cc1ccc(S(=O)(=O)Nc2cccc(C(=O)Nc3ccc(C(C)C)cc3)c2)cc1.